The van der Waals surface area contributed by atoms with Gasteiger partial charge in [0, 0.05) is 12.5 Å². The van der Waals surface area contributed by atoms with Gasteiger partial charge < -0.3 is 0 Å². The van der Waals surface area contributed by atoms with Crippen molar-refractivity contribution in [2.75, 3.05) is 20.1 Å². The van der Waals surface area contributed by atoms with E-state index >= 15 is 0 Å². The SMILES string of the molecule is C[C@H](CC#N)N(C)CC(=O)N1CCC(c2ccccc2)=N1. The summed E-state index contributed by atoms with van der Waals surface area (Å²) >= 11 is 0. The molecule has 0 unspecified atom stereocenters. The van der Waals surface area contributed by atoms with Crippen LogP contribution in [0.5, 0.6) is 0 Å². The van der Waals surface area contributed by atoms with Crippen LogP contribution in [0.15, 0.2) is 35.4 Å². The lowest BCUT2D eigenvalue weighted by molar-refractivity contribution is -0.132. The number of rotatable bonds is 5. The van der Waals surface area contributed by atoms with Gasteiger partial charge in [0.15, 0.2) is 0 Å². The second-order valence-corrected chi connectivity index (χ2v) is 5.31. The van der Waals surface area contributed by atoms with Crippen LogP contribution < -0.4 is 0 Å². The molecule has 1 aliphatic heterocycles. The summed E-state index contributed by atoms with van der Waals surface area (Å²) in [6, 6.07) is 12.1. The maximum absolute atomic E-state index is 12.2. The molecule has 1 atom stereocenters. The van der Waals surface area contributed by atoms with Gasteiger partial charge in [-0.25, -0.2) is 5.01 Å². The van der Waals surface area contributed by atoms with Gasteiger partial charge in [-0.05, 0) is 19.5 Å². The van der Waals surface area contributed by atoms with Crippen molar-refractivity contribution < 1.29 is 4.79 Å². The molecule has 0 aromatic heterocycles. The van der Waals surface area contributed by atoms with Gasteiger partial charge in [-0.1, -0.05) is 30.3 Å². The molecule has 0 N–H and O–H groups in total. The molecule has 0 bridgehead atoms. The summed E-state index contributed by atoms with van der Waals surface area (Å²) in [6.45, 7) is 2.86. The summed E-state index contributed by atoms with van der Waals surface area (Å²) in [5.41, 5.74) is 2.02. The molecule has 0 saturated heterocycles. The molecule has 5 heteroatoms. The molecule has 0 spiro atoms. The average Bonchev–Trinajstić information content (AvgIpc) is 2.98. The van der Waals surface area contributed by atoms with E-state index in [0.717, 1.165) is 17.7 Å². The van der Waals surface area contributed by atoms with Gasteiger partial charge in [0.2, 0.25) is 0 Å². The molecule has 0 radical (unpaired) electrons. The van der Waals surface area contributed by atoms with E-state index in [9.17, 15) is 4.79 Å². The normalized spacial score (nSPS) is 15.7. The Balaban J connectivity index is 1.96. The Morgan fingerprint density at radius 2 is 2.19 bits per heavy atom. The smallest absolute Gasteiger partial charge is 0.256 e. The van der Waals surface area contributed by atoms with Crippen molar-refractivity contribution in [1.82, 2.24) is 9.91 Å². The first-order valence-corrected chi connectivity index (χ1v) is 7.12. The number of nitrogens with zero attached hydrogens (tertiary/aromatic N) is 4. The van der Waals surface area contributed by atoms with Crippen LogP contribution in [-0.2, 0) is 4.79 Å². The lowest BCUT2D eigenvalue weighted by atomic mass is 10.1. The Hall–Kier alpha value is -2.19. The van der Waals surface area contributed by atoms with E-state index in [-0.39, 0.29) is 18.5 Å². The third kappa shape index (κ3) is 3.89. The Morgan fingerprint density at radius 1 is 1.48 bits per heavy atom. The molecule has 0 fully saturated rings. The summed E-state index contributed by atoms with van der Waals surface area (Å²) in [4.78, 5) is 14.1. The number of hydrogen-bond donors (Lipinski definition) is 0. The molecule has 1 heterocycles. The van der Waals surface area contributed by atoms with Crippen molar-refractivity contribution >= 4 is 11.6 Å². The van der Waals surface area contributed by atoms with Crippen molar-refractivity contribution in [2.24, 2.45) is 5.10 Å². The standard InChI is InChI=1S/C16H20N4O/c1-13(8-10-17)19(2)12-16(21)20-11-9-15(18-20)14-6-4-3-5-7-14/h3-7,13H,8-9,11-12H2,1-2H3/t13-/m1/s1. The van der Waals surface area contributed by atoms with Crippen LogP contribution >= 0.6 is 0 Å². The monoisotopic (exact) mass is 284 g/mol. The first kappa shape index (κ1) is 15.2. The minimum absolute atomic E-state index is 0.0202. The van der Waals surface area contributed by atoms with E-state index in [1.807, 2.05) is 49.2 Å². The number of carbonyl (C=O) groups excluding carboxylic acids is 1. The fraction of sp³-hybridized carbons (Fsp3) is 0.438. The first-order chi connectivity index (χ1) is 10.1. The highest BCUT2D eigenvalue weighted by molar-refractivity contribution is 6.02. The third-order valence-corrected chi connectivity index (χ3v) is 3.72. The van der Waals surface area contributed by atoms with Crippen molar-refractivity contribution in [2.45, 2.75) is 25.8 Å². The molecular weight excluding hydrogens is 264 g/mol. The first-order valence-electron chi connectivity index (χ1n) is 7.12. The lowest BCUT2D eigenvalue weighted by Gasteiger charge is -2.23. The van der Waals surface area contributed by atoms with Crippen LogP contribution in [0.2, 0.25) is 0 Å². The van der Waals surface area contributed by atoms with Crippen LogP contribution in [0, 0.1) is 11.3 Å². The summed E-state index contributed by atoms with van der Waals surface area (Å²) in [5, 5.41) is 14.7. The Kier molecular flexibility index (Phi) is 5.07. The van der Waals surface area contributed by atoms with Gasteiger partial charge in [0.05, 0.1) is 31.3 Å². The van der Waals surface area contributed by atoms with Crippen LogP contribution in [0.1, 0.15) is 25.3 Å². The summed E-state index contributed by atoms with van der Waals surface area (Å²) < 4.78 is 0. The average molecular weight is 284 g/mol. The van der Waals surface area contributed by atoms with Crippen LogP contribution in [0.3, 0.4) is 0 Å². The zero-order valence-electron chi connectivity index (χ0n) is 12.5. The number of hydrazone groups is 1. The molecule has 5 nitrogen and oxygen atoms in total. The second-order valence-electron chi connectivity index (χ2n) is 5.31. The molecule has 1 aliphatic rings. The lowest BCUT2D eigenvalue weighted by Crippen LogP contribution is -2.39. The third-order valence-electron chi connectivity index (χ3n) is 3.72. The van der Waals surface area contributed by atoms with Gasteiger partial charge in [-0.3, -0.25) is 9.69 Å². The largest absolute Gasteiger partial charge is 0.294 e. The topological polar surface area (TPSA) is 59.7 Å². The highest BCUT2D eigenvalue weighted by Gasteiger charge is 2.23. The van der Waals surface area contributed by atoms with Crippen molar-refractivity contribution in [3.05, 3.63) is 35.9 Å². The van der Waals surface area contributed by atoms with Crippen molar-refractivity contribution in [3.8, 4) is 6.07 Å². The minimum atomic E-state index is -0.0202. The molecular formula is C16H20N4O. The summed E-state index contributed by atoms with van der Waals surface area (Å²) in [5.74, 6) is -0.0202. The van der Waals surface area contributed by atoms with E-state index in [2.05, 4.69) is 11.2 Å². The Bertz CT molecular complexity index is 561. The number of benzene rings is 1. The Morgan fingerprint density at radius 3 is 2.86 bits per heavy atom. The van der Waals surface area contributed by atoms with E-state index in [4.69, 9.17) is 5.26 Å². The van der Waals surface area contributed by atoms with Crippen LogP contribution in [0.4, 0.5) is 0 Å². The van der Waals surface area contributed by atoms with Gasteiger partial charge in [0.1, 0.15) is 0 Å². The summed E-state index contributed by atoms with van der Waals surface area (Å²) in [6.07, 6.45) is 1.20. The maximum Gasteiger partial charge on any atom is 0.256 e. The molecule has 2 rings (SSSR count). The van der Waals surface area contributed by atoms with E-state index in [1.54, 1.807) is 0 Å². The van der Waals surface area contributed by atoms with Crippen LogP contribution in [0.25, 0.3) is 0 Å². The highest BCUT2D eigenvalue weighted by atomic mass is 16.2. The van der Waals surface area contributed by atoms with Gasteiger partial charge in [-0.15, -0.1) is 0 Å². The van der Waals surface area contributed by atoms with Crippen molar-refractivity contribution in [3.63, 3.8) is 0 Å². The fourth-order valence-corrected chi connectivity index (χ4v) is 2.21. The molecule has 110 valence electrons. The summed E-state index contributed by atoms with van der Waals surface area (Å²) in [7, 11) is 1.86. The zero-order valence-corrected chi connectivity index (χ0v) is 12.5. The molecule has 1 aromatic carbocycles. The predicted molar refractivity (Wildman–Crippen MR) is 81.6 cm³/mol. The van der Waals surface area contributed by atoms with Crippen molar-refractivity contribution in [1.29, 1.82) is 5.26 Å². The van der Waals surface area contributed by atoms with E-state index < -0.39 is 0 Å². The molecule has 0 saturated carbocycles. The predicted octanol–water partition coefficient (Wildman–Crippen LogP) is 1.86. The molecule has 1 aromatic rings. The van der Waals surface area contributed by atoms with E-state index in [0.29, 0.717) is 13.0 Å². The number of nitriles is 1. The van der Waals surface area contributed by atoms with Gasteiger partial charge >= 0.3 is 0 Å². The number of carbonyl (C=O) groups is 1. The number of likely N-dealkylation sites (N-methyl/N-ethyl adjacent to an activating group) is 1. The van der Waals surface area contributed by atoms with Crippen LogP contribution in [-0.4, -0.2) is 47.7 Å². The fourth-order valence-electron chi connectivity index (χ4n) is 2.21. The van der Waals surface area contributed by atoms with Gasteiger partial charge in [0.25, 0.3) is 5.91 Å². The quantitative estimate of drug-likeness (QED) is 0.829. The molecule has 1 amide bonds. The second kappa shape index (κ2) is 7.00. The highest BCUT2D eigenvalue weighted by Crippen LogP contribution is 2.14. The number of amides is 1. The van der Waals surface area contributed by atoms with E-state index in [1.165, 1.54) is 5.01 Å². The minimum Gasteiger partial charge on any atom is -0.294 e. The zero-order chi connectivity index (χ0) is 15.2. The Labute approximate surface area is 125 Å². The maximum atomic E-state index is 12.2. The number of hydrogen-bond acceptors (Lipinski definition) is 4. The molecule has 21 heavy (non-hydrogen) atoms. The van der Waals surface area contributed by atoms with Gasteiger partial charge in [-0.2, -0.15) is 10.4 Å². The molecule has 0 aliphatic carbocycles.